The molecule has 0 N–H and O–H groups in total. The van der Waals surface area contributed by atoms with Crippen LogP contribution in [0.4, 0.5) is 0 Å². The Morgan fingerprint density at radius 1 is 0.783 bits per heavy atom. The highest BCUT2D eigenvalue weighted by molar-refractivity contribution is 6.46. The molecule has 0 spiro atoms. The first-order valence-electron chi connectivity index (χ1n) is 8.30. The Labute approximate surface area is 141 Å². The molecule has 0 unspecified atom stereocenters. The van der Waals surface area contributed by atoms with Crippen LogP contribution in [-0.2, 0) is 23.3 Å². The van der Waals surface area contributed by atoms with E-state index in [-0.39, 0.29) is 18.3 Å². The summed E-state index contributed by atoms with van der Waals surface area (Å²) in [4.78, 5) is 0. The van der Waals surface area contributed by atoms with E-state index >= 15 is 0 Å². The van der Waals surface area contributed by atoms with E-state index in [2.05, 4.69) is 0 Å². The van der Waals surface area contributed by atoms with Crippen LogP contribution in [-0.4, -0.2) is 36.8 Å². The zero-order valence-corrected chi connectivity index (χ0v) is 16.0. The standard InChI is InChI=1S/C16H30B2O5/c1-12(19-18-22-15(6,7)16(8,9)23-18)10-11-17-20-13(2,3)14(4,5)21-17/h10H,11H2,1-9H3/b12-10-. The summed E-state index contributed by atoms with van der Waals surface area (Å²) in [7, 11) is -0.952. The fraction of sp³-hybridized carbons (Fsp3) is 0.875. The van der Waals surface area contributed by atoms with Crippen molar-refractivity contribution < 1.29 is 23.3 Å². The van der Waals surface area contributed by atoms with Gasteiger partial charge >= 0.3 is 14.4 Å². The molecule has 2 heterocycles. The topological polar surface area (TPSA) is 46.2 Å². The molecule has 0 aromatic carbocycles. The van der Waals surface area contributed by atoms with Crippen molar-refractivity contribution in [2.45, 2.75) is 91.0 Å². The van der Waals surface area contributed by atoms with Gasteiger partial charge in [0.25, 0.3) is 0 Å². The van der Waals surface area contributed by atoms with Crippen molar-refractivity contribution in [3.63, 3.8) is 0 Å². The summed E-state index contributed by atoms with van der Waals surface area (Å²) in [6, 6.07) is 0. The van der Waals surface area contributed by atoms with Gasteiger partial charge in [0.05, 0.1) is 28.2 Å². The zero-order chi connectivity index (χ0) is 17.7. The minimum absolute atomic E-state index is 0.267. The third kappa shape index (κ3) is 3.78. The molecule has 0 amide bonds. The summed E-state index contributed by atoms with van der Waals surface area (Å²) < 4.78 is 29.3. The van der Waals surface area contributed by atoms with Gasteiger partial charge < -0.3 is 23.3 Å². The fourth-order valence-corrected chi connectivity index (χ4v) is 2.36. The smallest absolute Gasteiger partial charge is 0.516 e. The Balaban J connectivity index is 1.88. The highest BCUT2D eigenvalue weighted by Gasteiger charge is 2.54. The molecule has 5 nitrogen and oxygen atoms in total. The van der Waals surface area contributed by atoms with E-state index in [9.17, 15) is 0 Å². The molecule has 130 valence electrons. The molecular weight excluding hydrogens is 294 g/mol. The largest absolute Gasteiger partial charge is 0.713 e. The van der Waals surface area contributed by atoms with Crippen molar-refractivity contribution in [3.05, 3.63) is 11.8 Å². The van der Waals surface area contributed by atoms with E-state index in [4.69, 9.17) is 23.3 Å². The highest BCUT2D eigenvalue weighted by atomic mass is 16.8. The highest BCUT2D eigenvalue weighted by Crippen LogP contribution is 2.39. The third-order valence-electron chi connectivity index (χ3n) is 5.41. The minimum atomic E-state index is -0.686. The molecule has 2 saturated heterocycles. The minimum Gasteiger partial charge on any atom is -0.516 e. The van der Waals surface area contributed by atoms with Crippen molar-refractivity contribution in [1.29, 1.82) is 0 Å². The second-order valence-corrected chi connectivity index (χ2v) is 8.40. The molecule has 0 aliphatic carbocycles. The summed E-state index contributed by atoms with van der Waals surface area (Å²) >= 11 is 0. The van der Waals surface area contributed by atoms with Gasteiger partial charge in [0.2, 0.25) is 0 Å². The van der Waals surface area contributed by atoms with Gasteiger partial charge in [0.15, 0.2) is 0 Å². The number of hydrogen-bond donors (Lipinski definition) is 0. The van der Waals surface area contributed by atoms with E-state index in [1.807, 2.05) is 68.4 Å². The molecule has 0 saturated carbocycles. The van der Waals surface area contributed by atoms with Crippen LogP contribution < -0.4 is 0 Å². The molecular formula is C16H30B2O5. The summed E-state index contributed by atoms with van der Waals surface area (Å²) in [5, 5.41) is 0. The monoisotopic (exact) mass is 324 g/mol. The van der Waals surface area contributed by atoms with Crippen LogP contribution in [0.5, 0.6) is 0 Å². The van der Waals surface area contributed by atoms with Crippen LogP contribution in [0.2, 0.25) is 6.32 Å². The average molecular weight is 324 g/mol. The normalized spacial score (nSPS) is 28.3. The predicted octanol–water partition coefficient (Wildman–Crippen LogP) is 3.59. The molecule has 23 heavy (non-hydrogen) atoms. The van der Waals surface area contributed by atoms with Crippen LogP contribution in [0, 0.1) is 0 Å². The molecule has 2 rings (SSSR count). The van der Waals surface area contributed by atoms with Gasteiger partial charge in [-0.1, -0.05) is 6.08 Å². The van der Waals surface area contributed by atoms with Crippen LogP contribution in [0.1, 0.15) is 62.3 Å². The van der Waals surface area contributed by atoms with Gasteiger partial charge in [0.1, 0.15) is 0 Å². The Kier molecular flexibility index (Phi) is 4.75. The summed E-state index contributed by atoms with van der Waals surface area (Å²) in [5.74, 6) is 0.734. The summed E-state index contributed by atoms with van der Waals surface area (Å²) in [6.07, 6.45) is 2.57. The Bertz CT molecular complexity index is 453. The SMILES string of the molecule is C/C(=C/CB1OC(C)(C)C(C)(C)O1)OB1OC(C)(C)C(C)(C)O1. The van der Waals surface area contributed by atoms with E-state index in [1.165, 1.54) is 0 Å². The maximum Gasteiger partial charge on any atom is 0.713 e. The average Bonchev–Trinajstić information content (AvgIpc) is 2.65. The van der Waals surface area contributed by atoms with Crippen molar-refractivity contribution >= 4 is 14.4 Å². The first-order valence-corrected chi connectivity index (χ1v) is 8.30. The lowest BCUT2D eigenvalue weighted by atomic mass is 9.85. The Hall–Kier alpha value is -0.490. The van der Waals surface area contributed by atoms with Crippen LogP contribution in [0.25, 0.3) is 0 Å². The molecule has 0 aromatic heterocycles. The molecule has 2 fully saturated rings. The lowest BCUT2D eigenvalue weighted by Gasteiger charge is -2.32. The Morgan fingerprint density at radius 3 is 1.61 bits per heavy atom. The molecule has 0 radical (unpaired) electrons. The first kappa shape index (κ1) is 18.8. The fourth-order valence-electron chi connectivity index (χ4n) is 2.36. The second-order valence-electron chi connectivity index (χ2n) is 8.40. The van der Waals surface area contributed by atoms with Crippen LogP contribution >= 0.6 is 0 Å². The zero-order valence-electron chi connectivity index (χ0n) is 16.0. The molecule has 0 aromatic rings. The summed E-state index contributed by atoms with van der Waals surface area (Å²) in [6.45, 7) is 18.1. The molecule has 2 aliphatic heterocycles. The number of rotatable bonds is 4. The molecule has 7 heteroatoms. The maximum atomic E-state index is 5.97. The van der Waals surface area contributed by atoms with E-state index in [0.717, 1.165) is 5.76 Å². The van der Waals surface area contributed by atoms with Crippen molar-refractivity contribution in [1.82, 2.24) is 0 Å². The number of allylic oxidation sites excluding steroid dienone is 2. The third-order valence-corrected chi connectivity index (χ3v) is 5.41. The lowest BCUT2D eigenvalue weighted by Crippen LogP contribution is -2.41. The molecule has 2 aliphatic rings. The van der Waals surface area contributed by atoms with E-state index in [0.29, 0.717) is 6.32 Å². The molecule has 0 atom stereocenters. The number of hydrogen-bond acceptors (Lipinski definition) is 5. The van der Waals surface area contributed by atoms with Gasteiger partial charge in [-0.15, -0.1) is 0 Å². The second kappa shape index (κ2) is 5.80. The van der Waals surface area contributed by atoms with Gasteiger partial charge in [-0.2, -0.15) is 0 Å². The maximum absolute atomic E-state index is 5.97. The predicted molar refractivity (Wildman–Crippen MR) is 91.8 cm³/mol. The van der Waals surface area contributed by atoms with Crippen LogP contribution in [0.15, 0.2) is 11.8 Å². The van der Waals surface area contributed by atoms with Gasteiger partial charge in [-0.3, -0.25) is 0 Å². The van der Waals surface area contributed by atoms with E-state index in [1.54, 1.807) is 0 Å². The van der Waals surface area contributed by atoms with Gasteiger partial charge in [-0.25, -0.2) is 0 Å². The van der Waals surface area contributed by atoms with Crippen molar-refractivity contribution in [2.24, 2.45) is 0 Å². The van der Waals surface area contributed by atoms with Crippen molar-refractivity contribution in [3.8, 4) is 0 Å². The molecule has 0 bridgehead atoms. The first-order chi connectivity index (χ1) is 10.3. The lowest BCUT2D eigenvalue weighted by molar-refractivity contribution is 0.00578. The van der Waals surface area contributed by atoms with E-state index < -0.39 is 18.5 Å². The van der Waals surface area contributed by atoms with Crippen molar-refractivity contribution in [2.75, 3.05) is 0 Å². The van der Waals surface area contributed by atoms with Gasteiger partial charge in [-0.05, 0) is 62.3 Å². The van der Waals surface area contributed by atoms with Crippen LogP contribution in [0.3, 0.4) is 0 Å². The Morgan fingerprint density at radius 2 is 1.17 bits per heavy atom. The summed E-state index contributed by atoms with van der Waals surface area (Å²) in [5.41, 5.74) is -1.43. The quantitative estimate of drug-likeness (QED) is 0.584. The van der Waals surface area contributed by atoms with Gasteiger partial charge in [0, 0.05) is 6.32 Å².